The molecule has 130 valence electrons. The van der Waals surface area contributed by atoms with Gasteiger partial charge in [-0.05, 0) is 42.9 Å². The van der Waals surface area contributed by atoms with E-state index in [1.165, 1.54) is 12.5 Å². The Balaban J connectivity index is 1.87. The lowest BCUT2D eigenvalue weighted by atomic mass is 9.89. The maximum atomic E-state index is 12.6. The third-order valence-electron chi connectivity index (χ3n) is 4.68. The standard InChI is InChI=1S/C16H17F3N2O3/c1-15(11-6-5-9-3-2-4-10(9)7-11)13(23)21(14(24)20-15)8-12(22)16(17,18)19/h5-7,12,22H,2-4,8H2,1H3,(H,20,24)/t12-,15+/m0/s1. The van der Waals surface area contributed by atoms with Crippen molar-refractivity contribution in [2.24, 2.45) is 0 Å². The van der Waals surface area contributed by atoms with Crippen LogP contribution in [0.15, 0.2) is 18.2 Å². The first-order valence-electron chi connectivity index (χ1n) is 7.64. The van der Waals surface area contributed by atoms with E-state index in [1.54, 1.807) is 6.07 Å². The van der Waals surface area contributed by atoms with Gasteiger partial charge in [-0.25, -0.2) is 4.79 Å². The van der Waals surface area contributed by atoms with Gasteiger partial charge in [0.2, 0.25) is 0 Å². The fraction of sp³-hybridized carbons (Fsp3) is 0.500. The topological polar surface area (TPSA) is 69.6 Å². The van der Waals surface area contributed by atoms with Crippen molar-refractivity contribution in [3.63, 3.8) is 0 Å². The third kappa shape index (κ3) is 2.64. The number of nitrogens with one attached hydrogen (secondary N) is 1. The second-order valence-electron chi connectivity index (χ2n) is 6.37. The number of nitrogens with zero attached hydrogens (tertiary/aromatic N) is 1. The second-order valence-corrected chi connectivity index (χ2v) is 6.37. The Labute approximate surface area is 136 Å². The minimum Gasteiger partial charge on any atom is -0.382 e. The molecule has 2 atom stereocenters. The Morgan fingerprint density at radius 1 is 1.29 bits per heavy atom. The molecule has 3 amide bonds. The van der Waals surface area contributed by atoms with Crippen LogP contribution in [0.3, 0.4) is 0 Å². The number of hydrogen-bond acceptors (Lipinski definition) is 3. The highest BCUT2D eigenvalue weighted by atomic mass is 19.4. The summed E-state index contributed by atoms with van der Waals surface area (Å²) in [6.45, 7) is 0.346. The van der Waals surface area contributed by atoms with Crippen molar-refractivity contribution in [2.75, 3.05) is 6.54 Å². The van der Waals surface area contributed by atoms with Gasteiger partial charge in [0.1, 0.15) is 5.54 Å². The summed E-state index contributed by atoms with van der Waals surface area (Å²) in [5, 5.41) is 11.6. The Hall–Kier alpha value is -2.09. The minimum absolute atomic E-state index is 0.422. The van der Waals surface area contributed by atoms with Crippen LogP contribution in [0, 0.1) is 0 Å². The molecule has 0 aromatic heterocycles. The number of aryl methyl sites for hydroxylation is 2. The van der Waals surface area contributed by atoms with Crippen LogP contribution in [-0.2, 0) is 23.2 Å². The predicted molar refractivity (Wildman–Crippen MR) is 78.1 cm³/mol. The number of fused-ring (bicyclic) bond motifs is 1. The molecule has 0 saturated carbocycles. The summed E-state index contributed by atoms with van der Waals surface area (Å²) in [4.78, 5) is 25.0. The number of aliphatic hydroxyl groups excluding tert-OH is 1. The summed E-state index contributed by atoms with van der Waals surface area (Å²) in [5.74, 6) is -0.797. The fourth-order valence-electron chi connectivity index (χ4n) is 3.22. The van der Waals surface area contributed by atoms with E-state index in [4.69, 9.17) is 5.11 Å². The number of carbonyl (C=O) groups is 2. The lowest BCUT2D eigenvalue weighted by Crippen LogP contribution is -2.45. The zero-order valence-electron chi connectivity index (χ0n) is 13.0. The first-order valence-corrected chi connectivity index (χ1v) is 7.64. The second kappa shape index (κ2) is 5.47. The Morgan fingerprint density at radius 3 is 2.62 bits per heavy atom. The molecule has 5 nitrogen and oxygen atoms in total. The summed E-state index contributed by atoms with van der Waals surface area (Å²) in [5.41, 5.74) is 1.37. The molecule has 1 saturated heterocycles. The first kappa shape index (κ1) is 16.8. The van der Waals surface area contributed by atoms with Crippen molar-refractivity contribution < 1.29 is 27.9 Å². The van der Waals surface area contributed by atoms with Crippen molar-refractivity contribution in [1.82, 2.24) is 10.2 Å². The molecular weight excluding hydrogens is 325 g/mol. The lowest BCUT2D eigenvalue weighted by Gasteiger charge is -2.24. The number of β-amino-alcohol motifs (C(OH)–C–C–N with tert-alkyl or cyclic N) is 1. The Morgan fingerprint density at radius 2 is 1.96 bits per heavy atom. The molecule has 1 aromatic rings. The minimum atomic E-state index is -4.90. The molecule has 1 aromatic carbocycles. The van der Waals surface area contributed by atoms with E-state index in [0.29, 0.717) is 10.5 Å². The van der Waals surface area contributed by atoms with E-state index in [1.807, 2.05) is 12.1 Å². The van der Waals surface area contributed by atoms with E-state index in [0.717, 1.165) is 24.8 Å². The Bertz CT molecular complexity index is 704. The normalized spacial score (nSPS) is 25.0. The van der Waals surface area contributed by atoms with Gasteiger partial charge in [0.25, 0.3) is 5.91 Å². The average Bonchev–Trinajstić information content (AvgIpc) is 3.04. The van der Waals surface area contributed by atoms with E-state index >= 15 is 0 Å². The summed E-state index contributed by atoms with van der Waals surface area (Å²) < 4.78 is 37.5. The molecule has 1 fully saturated rings. The monoisotopic (exact) mass is 342 g/mol. The SMILES string of the molecule is C[C@]1(c2ccc3c(c2)CCC3)NC(=O)N(C[C@H](O)C(F)(F)F)C1=O. The van der Waals surface area contributed by atoms with Gasteiger partial charge in [-0.15, -0.1) is 0 Å². The molecule has 0 bridgehead atoms. The molecule has 0 unspecified atom stereocenters. The van der Waals surface area contributed by atoms with Gasteiger partial charge in [-0.2, -0.15) is 13.2 Å². The van der Waals surface area contributed by atoms with Crippen LogP contribution in [0.4, 0.5) is 18.0 Å². The number of halogens is 3. The van der Waals surface area contributed by atoms with Gasteiger partial charge in [-0.3, -0.25) is 9.69 Å². The molecule has 8 heteroatoms. The molecule has 0 spiro atoms. The number of hydrogen-bond donors (Lipinski definition) is 2. The third-order valence-corrected chi connectivity index (χ3v) is 4.68. The fourth-order valence-corrected chi connectivity index (χ4v) is 3.22. The lowest BCUT2D eigenvalue weighted by molar-refractivity contribution is -0.206. The summed E-state index contributed by atoms with van der Waals surface area (Å²) >= 11 is 0. The number of imide groups is 1. The highest BCUT2D eigenvalue weighted by Gasteiger charge is 2.51. The van der Waals surface area contributed by atoms with Crippen molar-refractivity contribution in [2.45, 2.75) is 44.0 Å². The molecule has 1 aliphatic heterocycles. The maximum Gasteiger partial charge on any atom is 0.416 e. The smallest absolute Gasteiger partial charge is 0.382 e. The zero-order valence-corrected chi connectivity index (χ0v) is 13.0. The number of aliphatic hydroxyl groups is 1. The summed E-state index contributed by atoms with van der Waals surface area (Å²) in [7, 11) is 0. The van der Waals surface area contributed by atoms with Gasteiger partial charge in [-0.1, -0.05) is 18.2 Å². The first-order chi connectivity index (χ1) is 11.1. The molecule has 3 rings (SSSR count). The summed E-state index contributed by atoms with van der Waals surface area (Å²) in [6, 6.07) is 4.48. The molecule has 1 aliphatic carbocycles. The van der Waals surface area contributed by atoms with Crippen LogP contribution < -0.4 is 5.32 Å². The molecule has 2 aliphatic rings. The Kier molecular flexibility index (Phi) is 3.82. The molecule has 2 N–H and O–H groups in total. The molecule has 24 heavy (non-hydrogen) atoms. The van der Waals surface area contributed by atoms with Crippen LogP contribution >= 0.6 is 0 Å². The van der Waals surface area contributed by atoms with E-state index < -0.39 is 36.3 Å². The van der Waals surface area contributed by atoms with Gasteiger partial charge >= 0.3 is 12.2 Å². The van der Waals surface area contributed by atoms with Crippen LogP contribution in [-0.4, -0.2) is 40.8 Å². The highest BCUT2D eigenvalue weighted by Crippen LogP contribution is 2.33. The van der Waals surface area contributed by atoms with Gasteiger partial charge in [0, 0.05) is 0 Å². The van der Waals surface area contributed by atoms with Gasteiger partial charge in [0.05, 0.1) is 6.54 Å². The largest absolute Gasteiger partial charge is 0.416 e. The number of benzene rings is 1. The molecular formula is C16H17F3N2O3. The summed E-state index contributed by atoms with van der Waals surface area (Å²) in [6.07, 6.45) is -4.82. The number of rotatable bonds is 3. The van der Waals surface area contributed by atoms with Crippen LogP contribution in [0.2, 0.25) is 0 Å². The van der Waals surface area contributed by atoms with Crippen LogP contribution in [0.25, 0.3) is 0 Å². The van der Waals surface area contributed by atoms with Crippen molar-refractivity contribution >= 4 is 11.9 Å². The van der Waals surface area contributed by atoms with Crippen LogP contribution in [0.1, 0.15) is 30.0 Å². The zero-order chi connectivity index (χ0) is 17.7. The maximum absolute atomic E-state index is 12.6. The van der Waals surface area contributed by atoms with E-state index in [-0.39, 0.29) is 0 Å². The number of alkyl halides is 3. The van der Waals surface area contributed by atoms with Crippen molar-refractivity contribution in [3.8, 4) is 0 Å². The van der Waals surface area contributed by atoms with Gasteiger partial charge in [0.15, 0.2) is 6.10 Å². The molecule has 0 radical (unpaired) electrons. The number of carbonyl (C=O) groups excluding carboxylic acids is 2. The van der Waals surface area contributed by atoms with E-state index in [9.17, 15) is 22.8 Å². The van der Waals surface area contributed by atoms with Crippen molar-refractivity contribution in [3.05, 3.63) is 34.9 Å². The number of urea groups is 1. The highest BCUT2D eigenvalue weighted by molar-refractivity contribution is 6.07. The predicted octanol–water partition coefficient (Wildman–Crippen LogP) is 1.87. The van der Waals surface area contributed by atoms with Crippen LogP contribution in [0.5, 0.6) is 0 Å². The number of amides is 3. The average molecular weight is 342 g/mol. The van der Waals surface area contributed by atoms with Gasteiger partial charge < -0.3 is 10.4 Å². The van der Waals surface area contributed by atoms with Crippen molar-refractivity contribution in [1.29, 1.82) is 0 Å². The quantitative estimate of drug-likeness (QED) is 0.824. The van der Waals surface area contributed by atoms with E-state index in [2.05, 4.69) is 5.32 Å². The molecule has 1 heterocycles.